The molecule has 45 nitrogen and oxygen atoms in total. The van der Waals surface area contributed by atoms with Gasteiger partial charge in [-0.05, 0) is 20.9 Å². The van der Waals surface area contributed by atoms with Gasteiger partial charge in [-0.3, -0.25) is 5.22 Å². The molecule has 0 heterocycles. The van der Waals surface area contributed by atoms with Crippen LogP contribution in [0.3, 0.4) is 0 Å². The fraction of sp³-hybridized carbons (Fsp3) is 1.00. The molecule has 0 aromatic heterocycles. The van der Waals surface area contributed by atoms with Crippen molar-refractivity contribution in [1.82, 2.24) is 27.6 Å². The van der Waals surface area contributed by atoms with E-state index in [0.29, 0.717) is 0 Å². The third kappa shape index (κ3) is 897. The Hall–Kier alpha value is 2.93. The quantitative estimate of drug-likeness (QED) is 0.0280. The average molecular weight is 1150 g/mol. The first-order valence-corrected chi connectivity index (χ1v) is 6.94. The Morgan fingerprint density at radius 3 is 1.08 bits per heavy atom. The molecule has 0 amide bonds. The predicted octanol–water partition coefficient (Wildman–Crippen LogP) is -11.3. The van der Waals surface area contributed by atoms with E-state index in [0.717, 1.165) is 0 Å². The summed E-state index contributed by atoms with van der Waals surface area (Å²) < 4.78 is 155. The van der Waals surface area contributed by atoms with Gasteiger partial charge in [0.05, 0.1) is 0 Å². The van der Waals surface area contributed by atoms with Gasteiger partial charge >= 0.3 is 360 Å². The van der Waals surface area contributed by atoms with Crippen LogP contribution in [0.1, 0.15) is 87.4 Å². The molecule has 0 saturated carbocycles. The van der Waals surface area contributed by atoms with E-state index in [2.05, 4.69) is 128 Å². The maximum Gasteiger partial charge on any atom is 1.00 e. The molecule has 0 atom stereocenters. The summed E-state index contributed by atoms with van der Waals surface area (Å²) in [4.78, 5) is 0. The minimum atomic E-state index is -0.127. The number of nitrogens with zero attached hydrogens (tertiary/aromatic N) is 21. The average Bonchev–Trinajstić information content (AvgIpc) is 3.31. The second-order valence-electron chi connectivity index (χ2n) is 2.10. The van der Waals surface area contributed by atoms with Crippen molar-refractivity contribution in [2.75, 3.05) is 0 Å². The summed E-state index contributed by atoms with van der Waals surface area (Å²) in [6.45, 7) is 0. The van der Waals surface area contributed by atoms with Crippen molar-refractivity contribution in [2.45, 2.75) is 81.7 Å². The van der Waals surface area contributed by atoms with Crippen LogP contribution in [0.5, 0.6) is 0 Å². The van der Waals surface area contributed by atoms with Gasteiger partial charge in [0.1, 0.15) is 7.06 Å². The van der Waals surface area contributed by atoms with Crippen molar-refractivity contribution in [3.63, 3.8) is 0 Å². The molecule has 0 aromatic rings. The fourth-order valence-electron chi connectivity index (χ4n) is 0.114. The van der Waals surface area contributed by atoms with Crippen molar-refractivity contribution in [1.29, 1.82) is 55.3 Å². The van der Waals surface area contributed by atoms with Gasteiger partial charge in [0.25, 0.3) is 0 Å². The summed E-state index contributed by atoms with van der Waals surface area (Å²) in [5, 5.41) is 44.3. The molecule has 0 fully saturated rings. The molecule has 0 rings (SSSR count). The molecule has 0 saturated heterocycles. The van der Waals surface area contributed by atoms with Crippen LogP contribution in [0, 0.1) is 55.3 Å². The molecule has 0 unspecified atom stereocenters. The minimum absolute atomic E-state index is 0. The van der Waals surface area contributed by atoms with E-state index in [1.165, 1.54) is 11.7 Å². The Kier molecular flexibility index (Phi) is 454. The molecule has 52 heteroatoms. The third-order valence-corrected chi connectivity index (χ3v) is 0.574. The Morgan fingerprint density at radius 1 is 0.556 bits per heavy atom. The van der Waals surface area contributed by atoms with Gasteiger partial charge in [-0.15, -0.1) is 0 Å². The van der Waals surface area contributed by atoms with E-state index < -0.39 is 0 Å². The zero-order chi connectivity index (χ0) is 57.6. The number of hydrazine groups is 3. The second-order valence-corrected chi connectivity index (χ2v) is 2.10. The van der Waals surface area contributed by atoms with Crippen molar-refractivity contribution < 1.29 is 401 Å². The smallest absolute Gasteiger partial charge is 0.729 e. The van der Waals surface area contributed by atoms with Crippen molar-refractivity contribution >= 4 is 0 Å². The van der Waals surface area contributed by atoms with Gasteiger partial charge in [-0.1, -0.05) is 129 Å². The molecule has 0 bridgehead atoms. The van der Waals surface area contributed by atoms with Gasteiger partial charge in [0.15, 0.2) is 9.88 Å². The van der Waals surface area contributed by atoms with Gasteiger partial charge in [-0.25, -0.2) is 45.1 Å². The van der Waals surface area contributed by atoms with E-state index in [1.54, 1.807) is 5.22 Å². The predicted molar refractivity (Wildman–Crippen MR) is 218 cm³/mol. The van der Waals surface area contributed by atoms with Crippen LogP contribution >= 0.6 is 0 Å². The summed E-state index contributed by atoms with van der Waals surface area (Å²) in [7, 11) is 0. The van der Waals surface area contributed by atoms with Crippen LogP contribution in [0.25, 0.3) is 33.8 Å². The molecule has 0 radical (unpaired) electrons. The number of nitrogens with two attached hydrogens (primary N) is 7. The summed E-state index contributed by atoms with van der Waals surface area (Å²) in [6, 6.07) is 0. The van der Waals surface area contributed by atoms with E-state index in [-0.39, 0.29) is 504 Å². The Bertz CT molecular complexity index is 1310. The van der Waals surface area contributed by atoms with Gasteiger partial charge in [0.2, 0.25) is 18.4 Å². The number of hydrogen-bond acceptors (Lipinski definition) is 28. The first kappa shape index (κ1) is 72.5. The van der Waals surface area contributed by atoms with Crippen molar-refractivity contribution in [2.24, 2.45) is 130 Å². The Labute approximate surface area is 713 Å². The van der Waals surface area contributed by atoms with E-state index in [9.17, 15) is 0 Å². The van der Waals surface area contributed by atoms with Crippen molar-refractivity contribution in [3.8, 4) is 0 Å². The largest absolute Gasteiger partial charge is 1.00 e. The van der Waals surface area contributed by atoms with Gasteiger partial charge in [0, 0.05) is 5.71 Å². The van der Waals surface area contributed by atoms with Crippen LogP contribution in [-0.2, 0) is 0 Å². The summed E-state index contributed by atoms with van der Waals surface area (Å²) in [6.07, 6.45) is 0. The van der Waals surface area contributed by atoms with Gasteiger partial charge in [-0.2, -0.15) is 49.7 Å². The summed E-state index contributed by atoms with van der Waals surface area (Å²) >= 11 is 0. The first-order valence-electron chi connectivity index (χ1n) is 18.2. The first-order chi connectivity index (χ1) is 32.9. The summed E-state index contributed by atoms with van der Waals surface area (Å²) in [5.74, 6) is 13.8. The van der Waals surface area contributed by atoms with Crippen LogP contribution in [0.15, 0.2) is 88.8 Å². The fourth-order valence-corrected chi connectivity index (χ4v) is 0.114. The maximum atomic E-state index is 7.42. The van der Waals surface area contributed by atoms with Crippen molar-refractivity contribution in [3.05, 3.63) is 33.8 Å². The molecule has 0 aliphatic carbocycles. The van der Waals surface area contributed by atoms with E-state index in [4.69, 9.17) is 74.6 Å². The molecule has 31 N–H and O–H groups in total. The van der Waals surface area contributed by atoms with E-state index in [1.807, 2.05) is 5.52 Å². The molecular weight excluding hydrogens is 1040 g/mol. The topological polar surface area (TPSA) is 820 Å². The second kappa shape index (κ2) is 395. The van der Waals surface area contributed by atoms with E-state index >= 15 is 0 Å². The van der Waals surface area contributed by atoms with Crippen LogP contribution in [-0.4, -0.2) is 0 Å². The zero-order valence-corrected chi connectivity index (χ0v) is 49.3. The Balaban J connectivity index is -0.0000000133. The third-order valence-electron chi connectivity index (χ3n) is 0.574. The monoisotopic (exact) mass is 1150 g/mol. The SMILES string of the molecule is C.C.C.C.C.C.C.C.C.C.C.[2HH].[2HH].[2HH].[2HH].[2H]N([2H])/N=N/N([2H])[2H].[2H]N/N=N/N([2H])N([2H])[2H].[2H]N=N.[2H]N=NN([2H])N([2H])[2H].[2H]N=NN([2H])N=N[2H].[2H]N=NN([2H])N=N[2H].[2H]N=NN=N[2H].[2H]NN([2H])/N=N/N([2H])[2H].[K+].[K+].[K+].[K+].[K+].[K+].[K+].[N-]=N.[N-]=N[N-]/N=N/[NH-].[N-]=N[NH-]. The molecule has 358 valence electrons. The number of hydrogen-bond donors (Lipinski definition) is 22. The van der Waals surface area contributed by atoms with Crippen LogP contribution < -0.4 is 428 Å². The standard InChI is InChI=1S/11CH4.7K.HN6.2H5N5.2H3N5.2H4N4.H2N4.HN3.H2N2.HN2.4H2/c;;;;;;;;;;;;;;;;;;1-3-5-6-4-2;4*1-3-5-4-2;3*1-3-4-2;1-3-2;2*1-2;;;;/h11*1H4;;;;;;;;(H-3,1,2,3,4,5,6);2*(H,3,4)(H4,1,2,5);2*(H3,1,2,5);2*(H2,1,4)(H2,2,3);1-2H;(H-2,1,2);1-2H;1H;4*1H/q;;;;;;;;;;;7*+1;-3;;;;;;;;-2;;-1;;;;/i;;;;;;;;;;;;;;;;;;;;;;;;;;;;;4*1+1/hD25. The Morgan fingerprint density at radius 2 is 0.889 bits per heavy atom. The zero-order valence-electron chi connectivity index (χ0n) is 52.4. The van der Waals surface area contributed by atoms with Gasteiger partial charge < -0.3 is 78.3 Å². The minimum Gasteiger partial charge on any atom is -0.729 e. The van der Waals surface area contributed by atoms with Crippen LogP contribution in [0.2, 0.25) is 35.3 Å². The summed E-state index contributed by atoms with van der Waals surface area (Å²) in [5.41, 5.74) is 52.9. The molecule has 0 aromatic carbocycles. The maximum absolute atomic E-state index is 7.42. The molecule has 0 aliphatic rings. The number of nitrogens with one attached hydrogen (secondary N) is 17. The molecule has 0 aliphatic heterocycles. The van der Waals surface area contributed by atoms with Crippen LogP contribution in [0.4, 0.5) is 0 Å². The molecule has 0 spiro atoms. The number of rotatable bonds is 17. The molecular formula is C11H83K7N45+. The normalized spacial score (nSPS) is 11.4. The molecule has 63 heavy (non-hydrogen) atoms.